The first kappa shape index (κ1) is 14.4. The van der Waals surface area contributed by atoms with Gasteiger partial charge in [-0.05, 0) is 43.9 Å². The normalized spacial score (nSPS) is 29.6. The lowest BCUT2D eigenvalue weighted by Gasteiger charge is -2.27. The maximum Gasteiger partial charge on any atom is 0.231 e. The summed E-state index contributed by atoms with van der Waals surface area (Å²) in [5, 5.41) is 3.47. The number of nitrogens with zero attached hydrogens (tertiary/aromatic N) is 4. The number of nitrogens with one attached hydrogen (secondary N) is 1. The Labute approximate surface area is 126 Å². The molecule has 6 nitrogen and oxygen atoms in total. The van der Waals surface area contributed by atoms with Crippen LogP contribution in [0.3, 0.4) is 0 Å². The van der Waals surface area contributed by atoms with Crippen LogP contribution >= 0.6 is 0 Å². The van der Waals surface area contributed by atoms with Gasteiger partial charge in [-0.3, -0.25) is 0 Å². The molecule has 116 valence electrons. The molecule has 1 aliphatic carbocycles. The molecule has 0 amide bonds. The number of hydrogen-bond donors (Lipinski definition) is 2. The van der Waals surface area contributed by atoms with Crippen LogP contribution in [0, 0.1) is 11.8 Å². The molecule has 3 atom stereocenters. The van der Waals surface area contributed by atoms with Crippen LogP contribution in [-0.2, 0) is 0 Å². The highest BCUT2D eigenvalue weighted by Crippen LogP contribution is 2.33. The Morgan fingerprint density at radius 1 is 1.05 bits per heavy atom. The van der Waals surface area contributed by atoms with Crippen LogP contribution in [-0.4, -0.2) is 34.1 Å². The topological polar surface area (TPSA) is 80.0 Å². The minimum atomic E-state index is 0.312. The molecule has 21 heavy (non-hydrogen) atoms. The fourth-order valence-corrected chi connectivity index (χ4v) is 3.41. The first-order chi connectivity index (χ1) is 10.1. The van der Waals surface area contributed by atoms with Gasteiger partial charge in [0.25, 0.3) is 0 Å². The molecule has 2 aliphatic rings. The Morgan fingerprint density at radius 3 is 2.48 bits per heavy atom. The van der Waals surface area contributed by atoms with Gasteiger partial charge in [0.1, 0.15) is 0 Å². The van der Waals surface area contributed by atoms with Crippen molar-refractivity contribution in [3.05, 3.63) is 0 Å². The highest BCUT2D eigenvalue weighted by atomic mass is 15.3. The predicted molar refractivity (Wildman–Crippen MR) is 85.3 cm³/mol. The number of nitrogen functional groups attached to an aromatic ring is 1. The van der Waals surface area contributed by atoms with E-state index in [9.17, 15) is 0 Å². The molecule has 1 saturated heterocycles. The summed E-state index contributed by atoms with van der Waals surface area (Å²) in [6.07, 6.45) is 6.13. The summed E-state index contributed by atoms with van der Waals surface area (Å²) in [5.41, 5.74) is 5.87. The van der Waals surface area contributed by atoms with Crippen LogP contribution < -0.4 is 16.0 Å². The van der Waals surface area contributed by atoms with Crippen LogP contribution in [0.25, 0.3) is 0 Å². The first-order valence-electron chi connectivity index (χ1n) is 8.16. The van der Waals surface area contributed by atoms with Gasteiger partial charge in [-0.25, -0.2) is 0 Å². The van der Waals surface area contributed by atoms with Crippen LogP contribution in [0.15, 0.2) is 0 Å². The summed E-state index contributed by atoms with van der Waals surface area (Å²) < 4.78 is 0. The van der Waals surface area contributed by atoms with Crippen LogP contribution in [0.1, 0.15) is 46.0 Å². The number of hydrogen-bond acceptors (Lipinski definition) is 6. The summed E-state index contributed by atoms with van der Waals surface area (Å²) in [6, 6.07) is 0.441. The fourth-order valence-electron chi connectivity index (χ4n) is 3.41. The van der Waals surface area contributed by atoms with Crippen molar-refractivity contribution in [2.24, 2.45) is 11.8 Å². The summed E-state index contributed by atoms with van der Waals surface area (Å²) in [6.45, 7) is 6.64. The Kier molecular flexibility index (Phi) is 4.12. The summed E-state index contributed by atoms with van der Waals surface area (Å²) in [5.74, 6) is 3.06. The second-order valence-corrected chi connectivity index (χ2v) is 6.53. The number of aromatic nitrogens is 3. The molecule has 0 spiro atoms. The van der Waals surface area contributed by atoms with E-state index in [1.165, 1.54) is 32.1 Å². The van der Waals surface area contributed by atoms with E-state index in [0.717, 1.165) is 25.0 Å². The van der Waals surface area contributed by atoms with E-state index in [0.29, 0.717) is 23.9 Å². The van der Waals surface area contributed by atoms with Gasteiger partial charge in [-0.15, -0.1) is 0 Å². The zero-order chi connectivity index (χ0) is 14.8. The Hall–Kier alpha value is -1.59. The van der Waals surface area contributed by atoms with Gasteiger partial charge in [0.2, 0.25) is 17.8 Å². The second kappa shape index (κ2) is 6.03. The predicted octanol–water partition coefficient (Wildman–Crippen LogP) is 2.29. The van der Waals surface area contributed by atoms with Crippen molar-refractivity contribution in [1.82, 2.24) is 15.0 Å². The lowest BCUT2D eigenvalue weighted by atomic mass is 9.98. The Balaban J connectivity index is 1.74. The smallest absolute Gasteiger partial charge is 0.231 e. The third-order valence-electron chi connectivity index (χ3n) is 5.06. The van der Waals surface area contributed by atoms with Crippen molar-refractivity contribution < 1.29 is 0 Å². The lowest BCUT2D eigenvalue weighted by molar-refractivity contribution is 0.434. The van der Waals surface area contributed by atoms with Gasteiger partial charge < -0.3 is 16.0 Å². The number of rotatable bonds is 3. The van der Waals surface area contributed by atoms with Crippen LogP contribution in [0.5, 0.6) is 0 Å². The molecule has 2 fully saturated rings. The molecule has 3 unspecified atom stereocenters. The molecule has 2 heterocycles. The molecule has 1 aromatic rings. The monoisotopic (exact) mass is 290 g/mol. The molecule has 1 aromatic heterocycles. The number of piperidine rings is 1. The zero-order valence-electron chi connectivity index (χ0n) is 13.0. The molecule has 0 radical (unpaired) electrons. The molecule has 3 N–H and O–H groups in total. The molecular formula is C15H26N6. The van der Waals surface area contributed by atoms with Gasteiger partial charge in [0.05, 0.1) is 0 Å². The third kappa shape index (κ3) is 3.19. The standard InChI is InChI=1S/C15H26N6/c1-10-6-7-12(11(10)2)17-14-18-13(16)19-15(20-14)21-8-4-3-5-9-21/h10-12H,3-9H2,1-2H3,(H3,16,17,18,19,20). The largest absolute Gasteiger partial charge is 0.368 e. The van der Waals surface area contributed by atoms with Crippen molar-refractivity contribution in [3.8, 4) is 0 Å². The minimum Gasteiger partial charge on any atom is -0.368 e. The van der Waals surface area contributed by atoms with Crippen LogP contribution in [0.2, 0.25) is 0 Å². The maximum absolute atomic E-state index is 5.87. The molecular weight excluding hydrogens is 264 g/mol. The third-order valence-corrected chi connectivity index (χ3v) is 5.06. The molecule has 3 rings (SSSR count). The molecule has 0 bridgehead atoms. The highest BCUT2D eigenvalue weighted by molar-refractivity contribution is 5.42. The Morgan fingerprint density at radius 2 is 1.81 bits per heavy atom. The van der Waals surface area contributed by atoms with Crippen LogP contribution in [0.4, 0.5) is 17.8 Å². The quantitative estimate of drug-likeness (QED) is 0.889. The average molecular weight is 290 g/mol. The molecule has 6 heteroatoms. The van der Waals surface area contributed by atoms with E-state index in [4.69, 9.17) is 5.73 Å². The van der Waals surface area contributed by atoms with E-state index in [1.807, 2.05) is 0 Å². The SMILES string of the molecule is CC1CCC(Nc2nc(N)nc(N3CCCCC3)n2)C1C. The van der Waals surface area contributed by atoms with Gasteiger partial charge >= 0.3 is 0 Å². The molecule has 1 saturated carbocycles. The highest BCUT2D eigenvalue weighted by Gasteiger charge is 2.30. The van der Waals surface area contributed by atoms with Crippen molar-refractivity contribution in [2.45, 2.75) is 52.0 Å². The van der Waals surface area contributed by atoms with Gasteiger partial charge in [-0.2, -0.15) is 15.0 Å². The molecule has 0 aromatic carbocycles. The number of nitrogens with two attached hydrogens (primary N) is 1. The fraction of sp³-hybridized carbons (Fsp3) is 0.800. The average Bonchev–Trinajstić information content (AvgIpc) is 2.80. The van der Waals surface area contributed by atoms with Gasteiger partial charge in [0.15, 0.2) is 0 Å². The van der Waals surface area contributed by atoms with Crippen molar-refractivity contribution in [2.75, 3.05) is 29.0 Å². The van der Waals surface area contributed by atoms with Crippen molar-refractivity contribution in [1.29, 1.82) is 0 Å². The van der Waals surface area contributed by atoms with E-state index >= 15 is 0 Å². The van der Waals surface area contributed by atoms with E-state index < -0.39 is 0 Å². The zero-order valence-corrected chi connectivity index (χ0v) is 13.0. The van der Waals surface area contributed by atoms with Crippen molar-refractivity contribution in [3.63, 3.8) is 0 Å². The Bertz CT molecular complexity index is 485. The van der Waals surface area contributed by atoms with Gasteiger partial charge in [-0.1, -0.05) is 13.8 Å². The minimum absolute atomic E-state index is 0.312. The van der Waals surface area contributed by atoms with E-state index in [1.54, 1.807) is 0 Å². The maximum atomic E-state index is 5.87. The first-order valence-corrected chi connectivity index (χ1v) is 8.16. The van der Waals surface area contributed by atoms with Crippen molar-refractivity contribution >= 4 is 17.8 Å². The number of anilines is 3. The summed E-state index contributed by atoms with van der Waals surface area (Å²) >= 11 is 0. The summed E-state index contributed by atoms with van der Waals surface area (Å²) in [7, 11) is 0. The summed E-state index contributed by atoms with van der Waals surface area (Å²) in [4.78, 5) is 15.4. The second-order valence-electron chi connectivity index (χ2n) is 6.53. The van der Waals surface area contributed by atoms with E-state index in [2.05, 4.69) is 39.0 Å². The molecule has 1 aliphatic heterocycles. The lowest BCUT2D eigenvalue weighted by Crippen LogP contribution is -2.32. The van der Waals surface area contributed by atoms with Gasteiger partial charge in [0, 0.05) is 19.1 Å². The van der Waals surface area contributed by atoms with E-state index in [-0.39, 0.29) is 0 Å².